The van der Waals surface area contributed by atoms with Gasteiger partial charge in [0.2, 0.25) is 0 Å². The molecule has 6 nitrogen and oxygen atoms in total. The van der Waals surface area contributed by atoms with E-state index < -0.39 is 41.5 Å². The van der Waals surface area contributed by atoms with Gasteiger partial charge in [0, 0.05) is 0 Å². The predicted octanol–water partition coefficient (Wildman–Crippen LogP) is 3.52. The van der Waals surface area contributed by atoms with Crippen LogP contribution in [0.4, 0.5) is 18.3 Å². The number of hydrogen-bond acceptors (Lipinski definition) is 6. The molecule has 1 heterocycles. The van der Waals surface area contributed by atoms with Crippen molar-refractivity contribution >= 4 is 38.6 Å². The Morgan fingerprint density at radius 1 is 1.26 bits per heavy atom. The number of esters is 1. The number of para-hydroxylation sites is 1. The number of nitrogens with zero attached hydrogens (tertiary/aromatic N) is 1. The van der Waals surface area contributed by atoms with E-state index in [2.05, 4.69) is 10.3 Å². The van der Waals surface area contributed by atoms with Crippen molar-refractivity contribution in [1.29, 1.82) is 0 Å². The summed E-state index contributed by atoms with van der Waals surface area (Å²) in [7, 11) is 0. The lowest BCUT2D eigenvalue weighted by Gasteiger charge is -2.07. The fourth-order valence-electron chi connectivity index (χ4n) is 2.22. The molecule has 0 spiro atoms. The maximum Gasteiger partial charge on any atom is 0.342 e. The molecule has 3 aromatic rings. The molecule has 0 fully saturated rings. The van der Waals surface area contributed by atoms with Crippen LogP contribution >= 0.6 is 11.3 Å². The summed E-state index contributed by atoms with van der Waals surface area (Å²) in [6, 6.07) is 5.24. The summed E-state index contributed by atoms with van der Waals surface area (Å²) >= 11 is 0.727. The number of amides is 1. The number of phenols is 1. The van der Waals surface area contributed by atoms with Gasteiger partial charge < -0.3 is 9.84 Å². The lowest BCUT2D eigenvalue weighted by atomic mass is 10.1. The monoisotopic (exact) mass is 396 g/mol. The Morgan fingerprint density at radius 3 is 2.74 bits per heavy atom. The SMILES string of the molecule is Cc1cccc(C(=O)OCC(=O)Nc2nc3c(F)c(F)c(F)cc3s2)c1O. The standard InChI is InChI=1S/C17H11F3N2O4S/c1-7-3-2-4-8(15(7)24)16(25)26-6-11(23)21-17-22-14-10(27-17)5-9(18)12(19)13(14)20/h2-5,24H,6H2,1H3,(H,21,22,23). The van der Waals surface area contributed by atoms with Crippen molar-refractivity contribution in [3.8, 4) is 5.75 Å². The lowest BCUT2D eigenvalue weighted by Crippen LogP contribution is -2.21. The van der Waals surface area contributed by atoms with Gasteiger partial charge in [-0.05, 0) is 24.6 Å². The van der Waals surface area contributed by atoms with E-state index in [1.54, 1.807) is 19.1 Å². The summed E-state index contributed by atoms with van der Waals surface area (Å²) in [4.78, 5) is 27.5. The van der Waals surface area contributed by atoms with Crippen molar-refractivity contribution in [3.63, 3.8) is 0 Å². The van der Waals surface area contributed by atoms with Crippen molar-refractivity contribution in [1.82, 2.24) is 4.98 Å². The number of aryl methyl sites for hydroxylation is 1. The summed E-state index contributed by atoms with van der Waals surface area (Å²) in [6.45, 7) is 0.893. The maximum atomic E-state index is 13.6. The largest absolute Gasteiger partial charge is 0.507 e. The number of hydrogen-bond donors (Lipinski definition) is 2. The zero-order chi connectivity index (χ0) is 19.7. The summed E-state index contributed by atoms with van der Waals surface area (Å²) in [5, 5.41) is 11.9. The van der Waals surface area contributed by atoms with Gasteiger partial charge in [-0.3, -0.25) is 10.1 Å². The average molecular weight is 396 g/mol. The van der Waals surface area contributed by atoms with Crippen molar-refractivity contribution in [3.05, 3.63) is 52.8 Å². The van der Waals surface area contributed by atoms with Crippen LogP contribution in [0.5, 0.6) is 5.75 Å². The van der Waals surface area contributed by atoms with Crippen LogP contribution < -0.4 is 5.32 Å². The zero-order valence-corrected chi connectivity index (χ0v) is 14.5. The van der Waals surface area contributed by atoms with E-state index in [-0.39, 0.29) is 21.1 Å². The van der Waals surface area contributed by atoms with E-state index in [0.717, 1.165) is 17.4 Å². The first kappa shape index (κ1) is 18.6. The predicted molar refractivity (Wildman–Crippen MR) is 91.2 cm³/mol. The Morgan fingerprint density at radius 2 is 2.00 bits per heavy atom. The van der Waals surface area contributed by atoms with Crippen LogP contribution in [0, 0.1) is 24.4 Å². The molecule has 0 saturated heterocycles. The fraction of sp³-hybridized carbons (Fsp3) is 0.118. The number of aromatic hydroxyl groups is 1. The van der Waals surface area contributed by atoms with Gasteiger partial charge in [-0.1, -0.05) is 23.5 Å². The molecule has 0 unspecified atom stereocenters. The Kier molecular flexibility index (Phi) is 5.00. The van der Waals surface area contributed by atoms with Crippen LogP contribution in [0.1, 0.15) is 15.9 Å². The molecular formula is C17H11F3N2O4S. The van der Waals surface area contributed by atoms with Gasteiger partial charge in [0.25, 0.3) is 5.91 Å². The molecule has 0 aliphatic heterocycles. The van der Waals surface area contributed by atoms with Gasteiger partial charge in [0.15, 0.2) is 29.2 Å². The van der Waals surface area contributed by atoms with Crippen LogP contribution in [-0.2, 0) is 9.53 Å². The molecule has 0 atom stereocenters. The molecule has 140 valence electrons. The van der Waals surface area contributed by atoms with Gasteiger partial charge in [0.1, 0.15) is 16.8 Å². The highest BCUT2D eigenvalue weighted by Gasteiger charge is 2.19. The number of halogens is 3. The Hall–Kier alpha value is -3.14. The van der Waals surface area contributed by atoms with Crippen LogP contribution in [0.2, 0.25) is 0 Å². The van der Waals surface area contributed by atoms with Crippen LogP contribution in [0.15, 0.2) is 24.3 Å². The molecule has 2 N–H and O–H groups in total. The van der Waals surface area contributed by atoms with E-state index in [4.69, 9.17) is 4.74 Å². The second kappa shape index (κ2) is 7.23. The first-order valence-corrected chi connectivity index (χ1v) is 8.29. The minimum absolute atomic E-state index is 0.00313. The third kappa shape index (κ3) is 3.70. The number of rotatable bonds is 4. The van der Waals surface area contributed by atoms with E-state index >= 15 is 0 Å². The van der Waals surface area contributed by atoms with E-state index in [1.807, 2.05) is 0 Å². The Balaban J connectivity index is 1.67. The van der Waals surface area contributed by atoms with Gasteiger partial charge in [-0.15, -0.1) is 0 Å². The number of aromatic nitrogens is 1. The molecule has 0 aliphatic rings. The third-order valence-corrected chi connectivity index (χ3v) is 4.48. The van der Waals surface area contributed by atoms with Crippen LogP contribution in [0.3, 0.4) is 0 Å². The highest BCUT2D eigenvalue weighted by atomic mass is 32.1. The van der Waals surface area contributed by atoms with Crippen molar-refractivity contribution in [2.75, 3.05) is 11.9 Å². The first-order chi connectivity index (χ1) is 12.8. The third-order valence-electron chi connectivity index (χ3n) is 3.56. The molecule has 3 rings (SSSR count). The molecule has 0 bridgehead atoms. The number of fused-ring (bicyclic) bond motifs is 1. The number of thiazole rings is 1. The van der Waals surface area contributed by atoms with Crippen molar-refractivity contribution < 1.29 is 32.6 Å². The number of anilines is 1. The van der Waals surface area contributed by atoms with Crippen LogP contribution in [0.25, 0.3) is 10.2 Å². The molecule has 1 amide bonds. The van der Waals surface area contributed by atoms with E-state index in [0.29, 0.717) is 5.56 Å². The summed E-state index contributed by atoms with van der Waals surface area (Å²) in [5.41, 5.74) is -0.0587. The fourth-order valence-corrected chi connectivity index (χ4v) is 3.12. The van der Waals surface area contributed by atoms with Crippen molar-refractivity contribution in [2.24, 2.45) is 0 Å². The molecule has 0 radical (unpaired) electrons. The number of benzene rings is 2. The number of ether oxygens (including phenoxy) is 1. The van der Waals surface area contributed by atoms with Gasteiger partial charge in [-0.25, -0.2) is 22.9 Å². The number of carbonyl (C=O) groups excluding carboxylic acids is 2. The van der Waals surface area contributed by atoms with E-state index in [1.165, 1.54) is 6.07 Å². The molecule has 2 aromatic carbocycles. The highest BCUT2D eigenvalue weighted by Crippen LogP contribution is 2.30. The maximum absolute atomic E-state index is 13.6. The number of phenolic OH excluding ortho intramolecular Hbond substituents is 1. The molecule has 1 aromatic heterocycles. The number of carbonyl (C=O) groups is 2. The second-order valence-electron chi connectivity index (χ2n) is 5.45. The highest BCUT2D eigenvalue weighted by molar-refractivity contribution is 7.22. The molecule has 10 heteroatoms. The molecule has 27 heavy (non-hydrogen) atoms. The van der Waals surface area contributed by atoms with Crippen LogP contribution in [-0.4, -0.2) is 28.6 Å². The minimum atomic E-state index is -1.66. The molecule has 0 aliphatic carbocycles. The molecule has 0 saturated carbocycles. The normalized spacial score (nSPS) is 10.8. The van der Waals surface area contributed by atoms with Crippen molar-refractivity contribution in [2.45, 2.75) is 6.92 Å². The smallest absolute Gasteiger partial charge is 0.342 e. The summed E-state index contributed by atoms with van der Waals surface area (Å²) in [6.07, 6.45) is 0. The van der Waals surface area contributed by atoms with E-state index in [9.17, 15) is 27.9 Å². The summed E-state index contributed by atoms with van der Waals surface area (Å²) < 4.78 is 44.9. The summed E-state index contributed by atoms with van der Waals surface area (Å²) in [5.74, 6) is -6.44. The second-order valence-corrected chi connectivity index (χ2v) is 6.48. The first-order valence-electron chi connectivity index (χ1n) is 7.47. The van der Waals surface area contributed by atoms with Gasteiger partial charge in [-0.2, -0.15) is 0 Å². The quantitative estimate of drug-likeness (QED) is 0.520. The topological polar surface area (TPSA) is 88.5 Å². The number of nitrogens with one attached hydrogen (secondary N) is 1. The minimum Gasteiger partial charge on any atom is -0.507 e. The van der Waals surface area contributed by atoms with Gasteiger partial charge in [0.05, 0.1) is 4.70 Å². The average Bonchev–Trinajstić information content (AvgIpc) is 3.02. The van der Waals surface area contributed by atoms with Gasteiger partial charge >= 0.3 is 5.97 Å². The zero-order valence-electron chi connectivity index (χ0n) is 13.7. The molecular weight excluding hydrogens is 385 g/mol. The lowest BCUT2D eigenvalue weighted by molar-refractivity contribution is -0.119. The Bertz CT molecular complexity index is 1070. The Labute approximate surface area is 154 Å².